The van der Waals surface area contributed by atoms with Gasteiger partial charge in [-0.3, -0.25) is 9.36 Å². The minimum absolute atomic E-state index is 0.0163. The Morgan fingerprint density at radius 2 is 0.831 bits per heavy atom. The molecule has 59 heavy (non-hydrogen) atoms. The standard InChI is InChI=1S/C50H103N2O6P/c1-6-8-10-12-14-16-18-20-22-23-24-25-26-27-28-29-30-32-34-36-38-40-42-44-50(54)51-48(47-58-59(55,56)57-46-45-52(3,4)5)49(53)43-41-39-37-35-33-31-21-19-17-15-13-11-9-7-2/h48-49,53H,6-47H2,1-5H3,(H-,51,54,55,56)/t48-,49+/m0/s1. The molecule has 0 bridgehead atoms. The molecule has 3 atom stereocenters. The van der Waals surface area contributed by atoms with Crippen molar-refractivity contribution in [1.82, 2.24) is 5.32 Å². The molecule has 0 aromatic carbocycles. The van der Waals surface area contributed by atoms with Crippen molar-refractivity contribution in [2.45, 2.75) is 276 Å². The largest absolute Gasteiger partial charge is 0.756 e. The van der Waals surface area contributed by atoms with Gasteiger partial charge in [-0.05, 0) is 12.8 Å². The number of amides is 1. The number of unbranched alkanes of at least 4 members (excludes halogenated alkanes) is 35. The number of aliphatic hydroxyl groups is 1. The molecule has 0 spiro atoms. The third kappa shape index (κ3) is 45.3. The van der Waals surface area contributed by atoms with Gasteiger partial charge in [0.1, 0.15) is 13.2 Å². The monoisotopic (exact) mass is 859 g/mol. The van der Waals surface area contributed by atoms with Crippen molar-refractivity contribution >= 4 is 13.7 Å². The fourth-order valence-electron chi connectivity index (χ4n) is 7.98. The van der Waals surface area contributed by atoms with Crippen LogP contribution in [0.15, 0.2) is 0 Å². The first-order valence-corrected chi connectivity index (χ1v) is 27.3. The molecule has 0 radical (unpaired) electrons. The van der Waals surface area contributed by atoms with Gasteiger partial charge in [0, 0.05) is 6.42 Å². The van der Waals surface area contributed by atoms with Crippen LogP contribution in [0.4, 0.5) is 0 Å². The normalized spacial score (nSPS) is 14.1. The summed E-state index contributed by atoms with van der Waals surface area (Å²) < 4.78 is 23.3. The van der Waals surface area contributed by atoms with Gasteiger partial charge in [0.25, 0.3) is 7.82 Å². The lowest BCUT2D eigenvalue weighted by Crippen LogP contribution is -2.46. The zero-order valence-electron chi connectivity index (χ0n) is 40.2. The van der Waals surface area contributed by atoms with E-state index in [1.54, 1.807) is 0 Å². The Balaban J connectivity index is 4.15. The van der Waals surface area contributed by atoms with Crippen molar-refractivity contribution in [3.63, 3.8) is 0 Å². The molecule has 1 unspecified atom stereocenters. The van der Waals surface area contributed by atoms with Gasteiger partial charge in [-0.2, -0.15) is 0 Å². The molecule has 0 aliphatic carbocycles. The summed E-state index contributed by atoms with van der Waals surface area (Å²) in [7, 11) is 1.32. The molecule has 1 amide bonds. The molecule has 2 N–H and O–H groups in total. The van der Waals surface area contributed by atoms with E-state index in [4.69, 9.17) is 9.05 Å². The van der Waals surface area contributed by atoms with Crippen molar-refractivity contribution in [3.05, 3.63) is 0 Å². The summed E-state index contributed by atoms with van der Waals surface area (Å²) in [5, 5.41) is 14.0. The number of likely N-dealkylation sites (N-methyl/N-ethyl adjacent to an activating group) is 1. The number of nitrogens with zero attached hydrogens (tertiary/aromatic N) is 1. The number of carbonyl (C=O) groups excluding carboxylic acids is 1. The molecule has 0 heterocycles. The third-order valence-corrected chi connectivity index (χ3v) is 13.1. The van der Waals surface area contributed by atoms with Gasteiger partial charge < -0.3 is 28.8 Å². The first-order valence-electron chi connectivity index (χ1n) is 25.9. The van der Waals surface area contributed by atoms with Crippen LogP contribution in [0.1, 0.15) is 264 Å². The highest BCUT2D eigenvalue weighted by atomic mass is 31.2. The summed E-state index contributed by atoms with van der Waals surface area (Å²) in [4.78, 5) is 25.4. The maximum absolute atomic E-state index is 12.9. The van der Waals surface area contributed by atoms with Crippen LogP contribution in [0.5, 0.6) is 0 Å². The van der Waals surface area contributed by atoms with Gasteiger partial charge in [0.05, 0.1) is 39.9 Å². The topological polar surface area (TPSA) is 108 Å². The molecule has 8 nitrogen and oxygen atoms in total. The molecular weight excluding hydrogens is 756 g/mol. The van der Waals surface area contributed by atoms with E-state index in [0.717, 1.165) is 38.5 Å². The molecule has 0 fully saturated rings. The fraction of sp³-hybridized carbons (Fsp3) is 0.980. The number of hydrogen-bond acceptors (Lipinski definition) is 6. The maximum atomic E-state index is 12.9. The highest BCUT2D eigenvalue weighted by Crippen LogP contribution is 2.38. The van der Waals surface area contributed by atoms with Crippen molar-refractivity contribution in [2.24, 2.45) is 0 Å². The van der Waals surface area contributed by atoms with Crippen molar-refractivity contribution in [2.75, 3.05) is 40.9 Å². The Kier molecular flexibility index (Phi) is 42.4. The number of phosphoric acid groups is 1. The number of aliphatic hydroxyl groups excluding tert-OH is 1. The van der Waals surface area contributed by atoms with E-state index in [1.165, 1.54) is 199 Å². The lowest BCUT2D eigenvalue weighted by molar-refractivity contribution is -0.870. The highest BCUT2D eigenvalue weighted by molar-refractivity contribution is 7.45. The molecule has 0 rings (SSSR count). The van der Waals surface area contributed by atoms with Crippen LogP contribution < -0.4 is 10.2 Å². The van der Waals surface area contributed by atoms with Crippen LogP contribution in [0, 0.1) is 0 Å². The van der Waals surface area contributed by atoms with Crippen LogP contribution in [0.3, 0.4) is 0 Å². The fourth-order valence-corrected chi connectivity index (χ4v) is 8.71. The zero-order chi connectivity index (χ0) is 43.6. The summed E-state index contributed by atoms with van der Waals surface area (Å²) in [6.07, 6.45) is 48.3. The van der Waals surface area contributed by atoms with E-state index in [2.05, 4.69) is 19.2 Å². The average Bonchev–Trinajstić information content (AvgIpc) is 3.19. The second-order valence-electron chi connectivity index (χ2n) is 19.2. The van der Waals surface area contributed by atoms with Gasteiger partial charge in [0.15, 0.2) is 0 Å². The Bertz CT molecular complexity index is 932. The second-order valence-corrected chi connectivity index (χ2v) is 20.7. The van der Waals surface area contributed by atoms with Gasteiger partial charge in [0.2, 0.25) is 5.91 Å². The van der Waals surface area contributed by atoms with Gasteiger partial charge >= 0.3 is 0 Å². The average molecular weight is 859 g/mol. The maximum Gasteiger partial charge on any atom is 0.268 e. The van der Waals surface area contributed by atoms with Crippen LogP contribution in [0.25, 0.3) is 0 Å². The van der Waals surface area contributed by atoms with Crippen molar-refractivity contribution in [1.29, 1.82) is 0 Å². The Morgan fingerprint density at radius 3 is 1.15 bits per heavy atom. The van der Waals surface area contributed by atoms with Gasteiger partial charge in [-0.15, -0.1) is 0 Å². The zero-order valence-corrected chi connectivity index (χ0v) is 41.1. The van der Waals surface area contributed by atoms with Crippen molar-refractivity contribution in [3.8, 4) is 0 Å². The van der Waals surface area contributed by atoms with E-state index in [-0.39, 0.29) is 19.1 Å². The highest BCUT2D eigenvalue weighted by Gasteiger charge is 2.24. The first kappa shape index (κ1) is 58.5. The molecular formula is C50H103N2O6P. The number of nitrogens with one attached hydrogen (secondary N) is 1. The number of quaternary nitrogens is 1. The minimum atomic E-state index is -4.56. The smallest absolute Gasteiger partial charge is 0.268 e. The molecule has 9 heteroatoms. The van der Waals surface area contributed by atoms with Crippen molar-refractivity contribution < 1.29 is 32.9 Å². The summed E-state index contributed by atoms with van der Waals surface area (Å²) in [6, 6.07) is -0.793. The lowest BCUT2D eigenvalue weighted by atomic mass is 10.0. The molecule has 354 valence electrons. The SMILES string of the molecule is CCCCCCCCCCCCCCCCCCCCCCCCCC(=O)N[C@@H](COP(=O)([O-])OCC[N+](C)(C)C)[C@H](O)CCCCCCCCCCCCCCCC. The quantitative estimate of drug-likeness (QED) is 0.0358. The summed E-state index contributed by atoms with van der Waals surface area (Å²) in [5.41, 5.74) is 0. The number of hydrogen-bond donors (Lipinski definition) is 2. The Hall–Kier alpha value is -0.500. The molecule has 0 saturated heterocycles. The molecule has 0 aliphatic rings. The molecule has 0 aromatic rings. The second kappa shape index (κ2) is 42.8. The molecule has 0 aromatic heterocycles. The Morgan fingerprint density at radius 1 is 0.525 bits per heavy atom. The third-order valence-electron chi connectivity index (χ3n) is 12.1. The summed E-state index contributed by atoms with van der Waals surface area (Å²) >= 11 is 0. The van der Waals surface area contributed by atoms with Crippen LogP contribution in [0.2, 0.25) is 0 Å². The van der Waals surface area contributed by atoms with Crippen LogP contribution in [-0.4, -0.2) is 68.5 Å². The van der Waals surface area contributed by atoms with E-state index < -0.39 is 20.0 Å². The molecule has 0 saturated carbocycles. The van der Waals surface area contributed by atoms with Crippen LogP contribution >= 0.6 is 7.82 Å². The number of rotatable bonds is 48. The number of carbonyl (C=O) groups is 1. The predicted molar refractivity (Wildman–Crippen MR) is 252 cm³/mol. The van der Waals surface area contributed by atoms with E-state index in [1.807, 2.05) is 21.1 Å². The van der Waals surface area contributed by atoms with Crippen LogP contribution in [-0.2, 0) is 18.4 Å². The predicted octanol–water partition coefficient (Wildman–Crippen LogP) is 14.3. The lowest BCUT2D eigenvalue weighted by Gasteiger charge is -2.30. The minimum Gasteiger partial charge on any atom is -0.756 e. The summed E-state index contributed by atoms with van der Waals surface area (Å²) in [5.74, 6) is -0.159. The van der Waals surface area contributed by atoms with Gasteiger partial charge in [-0.25, -0.2) is 0 Å². The van der Waals surface area contributed by atoms with Gasteiger partial charge in [-0.1, -0.05) is 245 Å². The van der Waals surface area contributed by atoms with E-state index >= 15 is 0 Å². The van der Waals surface area contributed by atoms with E-state index in [9.17, 15) is 19.4 Å². The Labute approximate surface area is 368 Å². The summed E-state index contributed by atoms with van der Waals surface area (Å²) in [6.45, 7) is 4.76. The number of phosphoric ester groups is 1. The van der Waals surface area contributed by atoms with E-state index in [0.29, 0.717) is 23.9 Å². The first-order chi connectivity index (χ1) is 28.5. The molecule has 0 aliphatic heterocycles.